The molecule has 0 aromatic carbocycles. The molecule has 0 saturated heterocycles. The van der Waals surface area contributed by atoms with Gasteiger partial charge in [0, 0.05) is 25.8 Å². The number of hydrogen-bond acceptors (Lipinski definition) is 6. The first-order valence-corrected chi connectivity index (χ1v) is 20.1. The van der Waals surface area contributed by atoms with E-state index in [0.717, 1.165) is 83.5 Å². The van der Waals surface area contributed by atoms with Gasteiger partial charge in [0.15, 0.2) is 0 Å². The van der Waals surface area contributed by atoms with Crippen LogP contribution in [-0.4, -0.2) is 54.0 Å². The van der Waals surface area contributed by atoms with Gasteiger partial charge in [0.1, 0.15) is 6.10 Å². The SMILES string of the molecule is C=C(CC(=O)NCCS(=O)(=O)O)CC(C[C@H](C)CCC[C@H](C)CCCC(C)(C)O)OC(=O)CCCC/C=C\C/C=C\C/C=C\C/C=C\CC. The van der Waals surface area contributed by atoms with Crippen LogP contribution in [0.15, 0.2) is 60.8 Å². The lowest BCUT2D eigenvalue weighted by Gasteiger charge is -2.23. The van der Waals surface area contributed by atoms with Crippen LogP contribution in [0.5, 0.6) is 0 Å². The maximum atomic E-state index is 12.8. The predicted molar refractivity (Wildman–Crippen MR) is 204 cm³/mol. The second-order valence-corrected chi connectivity index (χ2v) is 15.8. The third kappa shape index (κ3) is 33.8. The number of allylic oxidation sites excluding steroid dienone is 8. The minimum absolute atomic E-state index is 0.00899. The van der Waals surface area contributed by atoms with E-state index >= 15 is 0 Å². The summed E-state index contributed by atoms with van der Waals surface area (Å²) < 4.78 is 36.7. The van der Waals surface area contributed by atoms with Crippen molar-refractivity contribution in [2.24, 2.45) is 11.8 Å². The summed E-state index contributed by atoms with van der Waals surface area (Å²) in [5.74, 6) is -0.284. The van der Waals surface area contributed by atoms with Gasteiger partial charge in [-0.15, -0.1) is 0 Å². The van der Waals surface area contributed by atoms with Gasteiger partial charge < -0.3 is 15.2 Å². The van der Waals surface area contributed by atoms with Gasteiger partial charge in [-0.3, -0.25) is 14.1 Å². The second-order valence-electron chi connectivity index (χ2n) is 14.2. The number of nitrogens with one attached hydrogen (secondary N) is 1. The lowest BCUT2D eigenvalue weighted by molar-refractivity contribution is -0.150. The number of ether oxygens (including phenoxy) is 1. The zero-order valence-electron chi connectivity index (χ0n) is 31.3. The average Bonchev–Trinajstić information content (AvgIpc) is 2.97. The van der Waals surface area contributed by atoms with E-state index in [0.29, 0.717) is 36.7 Å². The van der Waals surface area contributed by atoms with E-state index in [1.807, 2.05) is 13.8 Å². The van der Waals surface area contributed by atoms with E-state index in [1.165, 1.54) is 0 Å². The highest BCUT2D eigenvalue weighted by atomic mass is 32.2. The molecule has 8 nitrogen and oxygen atoms in total. The number of rotatable bonds is 30. The Bertz CT molecular complexity index is 1130. The number of aliphatic hydroxyl groups is 1. The summed E-state index contributed by atoms with van der Waals surface area (Å²) in [4.78, 5) is 25.1. The van der Waals surface area contributed by atoms with Gasteiger partial charge in [-0.25, -0.2) is 0 Å². The van der Waals surface area contributed by atoms with Crippen molar-refractivity contribution in [3.05, 3.63) is 60.8 Å². The quantitative estimate of drug-likeness (QED) is 0.0294. The first kappa shape index (κ1) is 46.5. The van der Waals surface area contributed by atoms with Gasteiger partial charge in [0.25, 0.3) is 10.1 Å². The highest BCUT2D eigenvalue weighted by Gasteiger charge is 2.21. The maximum Gasteiger partial charge on any atom is 0.306 e. The highest BCUT2D eigenvalue weighted by molar-refractivity contribution is 7.85. The van der Waals surface area contributed by atoms with E-state index in [1.54, 1.807) is 0 Å². The zero-order chi connectivity index (χ0) is 37.0. The number of unbranched alkanes of at least 4 members (excludes halogenated alkanes) is 2. The zero-order valence-corrected chi connectivity index (χ0v) is 32.2. The molecule has 0 spiro atoms. The average molecular weight is 708 g/mol. The molecule has 0 aliphatic heterocycles. The van der Waals surface area contributed by atoms with E-state index in [9.17, 15) is 23.1 Å². The van der Waals surface area contributed by atoms with E-state index in [4.69, 9.17) is 9.29 Å². The van der Waals surface area contributed by atoms with Crippen LogP contribution in [0.25, 0.3) is 0 Å². The van der Waals surface area contributed by atoms with Gasteiger partial charge >= 0.3 is 5.97 Å². The van der Waals surface area contributed by atoms with Gasteiger partial charge in [0.2, 0.25) is 5.91 Å². The minimum atomic E-state index is -4.16. The van der Waals surface area contributed by atoms with Crippen LogP contribution in [0, 0.1) is 11.8 Å². The van der Waals surface area contributed by atoms with Crippen molar-refractivity contribution >= 4 is 22.0 Å². The third-order valence-corrected chi connectivity index (χ3v) is 8.89. The molecule has 0 saturated carbocycles. The standard InChI is InChI=1S/C40H69NO7S/c1-7-8-9-10-11-12-13-14-15-16-17-18-19-20-21-27-39(43)48-37(32-36(4)33-38(42)41-29-30-49(45,46)47)31-35(3)25-22-24-34(2)26-23-28-40(5,6)44/h8-9,11-12,14-15,17-18,34-35,37,44H,4,7,10,13,16,19-33H2,1-3,5-6H3,(H,41,42)(H,45,46,47)/b9-8-,12-11-,15-14-,18-17-/t34-,35+,37?/m0/s1. The third-order valence-electron chi connectivity index (χ3n) is 8.17. The van der Waals surface area contributed by atoms with Crippen LogP contribution in [0.2, 0.25) is 0 Å². The summed E-state index contributed by atoms with van der Waals surface area (Å²) in [6, 6.07) is 0. The molecular formula is C40H69NO7S. The maximum absolute atomic E-state index is 12.8. The first-order valence-electron chi connectivity index (χ1n) is 18.5. The second kappa shape index (κ2) is 28.2. The van der Waals surface area contributed by atoms with Crippen LogP contribution in [0.3, 0.4) is 0 Å². The molecule has 0 rings (SSSR count). The number of amides is 1. The molecule has 3 N–H and O–H groups in total. The van der Waals surface area contributed by atoms with Crippen LogP contribution in [-0.2, 0) is 24.4 Å². The molecule has 1 amide bonds. The predicted octanol–water partition coefficient (Wildman–Crippen LogP) is 9.38. The molecule has 1 unspecified atom stereocenters. The Balaban J connectivity index is 4.73. The highest BCUT2D eigenvalue weighted by Crippen LogP contribution is 2.25. The summed E-state index contributed by atoms with van der Waals surface area (Å²) >= 11 is 0. The minimum Gasteiger partial charge on any atom is -0.462 e. The smallest absolute Gasteiger partial charge is 0.306 e. The van der Waals surface area contributed by atoms with Gasteiger partial charge in [-0.2, -0.15) is 8.42 Å². The van der Waals surface area contributed by atoms with Crippen LogP contribution in [0.1, 0.15) is 144 Å². The van der Waals surface area contributed by atoms with Crippen molar-refractivity contribution in [1.29, 1.82) is 0 Å². The molecule has 9 heteroatoms. The number of carbonyl (C=O) groups excluding carboxylic acids is 2. The van der Waals surface area contributed by atoms with Gasteiger partial charge in [-0.1, -0.05) is 114 Å². The molecule has 0 bridgehead atoms. The largest absolute Gasteiger partial charge is 0.462 e. The summed E-state index contributed by atoms with van der Waals surface area (Å²) in [6.07, 6.45) is 30.8. The number of esters is 1. The Labute approximate surface area is 299 Å². The normalized spacial score (nSPS) is 14.6. The van der Waals surface area contributed by atoms with Crippen LogP contribution in [0.4, 0.5) is 0 Å². The molecule has 0 fully saturated rings. The molecule has 0 heterocycles. The molecule has 0 aromatic rings. The molecule has 0 aliphatic rings. The van der Waals surface area contributed by atoms with Crippen LogP contribution >= 0.6 is 0 Å². The van der Waals surface area contributed by atoms with E-state index < -0.39 is 21.5 Å². The van der Waals surface area contributed by atoms with Crippen molar-refractivity contribution in [2.75, 3.05) is 12.3 Å². The lowest BCUT2D eigenvalue weighted by Crippen LogP contribution is -2.29. The summed E-state index contributed by atoms with van der Waals surface area (Å²) in [5, 5.41) is 12.4. The van der Waals surface area contributed by atoms with E-state index in [2.05, 4.69) is 81.3 Å². The van der Waals surface area contributed by atoms with Crippen molar-refractivity contribution in [2.45, 2.75) is 155 Å². The van der Waals surface area contributed by atoms with E-state index in [-0.39, 0.29) is 30.9 Å². The Morgan fingerprint density at radius 3 is 2.02 bits per heavy atom. The summed E-state index contributed by atoms with van der Waals surface area (Å²) in [7, 11) is -4.16. The van der Waals surface area contributed by atoms with Crippen molar-refractivity contribution in [1.82, 2.24) is 5.32 Å². The lowest BCUT2D eigenvalue weighted by atomic mass is 9.90. The van der Waals surface area contributed by atoms with Crippen molar-refractivity contribution < 1.29 is 32.4 Å². The first-order chi connectivity index (χ1) is 23.1. The fourth-order valence-corrected chi connectivity index (χ4v) is 5.82. The van der Waals surface area contributed by atoms with Crippen molar-refractivity contribution in [3.63, 3.8) is 0 Å². The Morgan fingerprint density at radius 2 is 1.43 bits per heavy atom. The fraction of sp³-hybridized carbons (Fsp3) is 0.700. The Morgan fingerprint density at radius 1 is 0.857 bits per heavy atom. The Hall–Kier alpha value is -2.49. The number of carbonyl (C=O) groups is 2. The monoisotopic (exact) mass is 707 g/mol. The molecule has 0 radical (unpaired) electrons. The fourth-order valence-electron chi connectivity index (χ4n) is 5.46. The molecule has 49 heavy (non-hydrogen) atoms. The topological polar surface area (TPSA) is 130 Å². The summed E-state index contributed by atoms with van der Waals surface area (Å²) in [5.41, 5.74) is -0.0159. The molecular weight excluding hydrogens is 639 g/mol. The van der Waals surface area contributed by atoms with Gasteiger partial charge in [0.05, 0.1) is 11.4 Å². The summed E-state index contributed by atoms with van der Waals surface area (Å²) in [6.45, 7) is 14.1. The van der Waals surface area contributed by atoms with Gasteiger partial charge in [-0.05, 0) is 83.5 Å². The molecule has 282 valence electrons. The Kier molecular flexibility index (Phi) is 26.8. The molecule has 3 atom stereocenters. The molecule has 0 aromatic heterocycles. The van der Waals surface area contributed by atoms with Crippen LogP contribution < -0.4 is 5.32 Å². The van der Waals surface area contributed by atoms with Crippen molar-refractivity contribution in [3.8, 4) is 0 Å². The number of hydrogen-bond donors (Lipinski definition) is 3. The molecule has 0 aliphatic carbocycles.